The lowest BCUT2D eigenvalue weighted by Gasteiger charge is -2.42. The molecule has 0 aromatic heterocycles. The third-order valence-electron chi connectivity index (χ3n) is 6.39. The van der Waals surface area contributed by atoms with Gasteiger partial charge in [-0.15, -0.1) is 0 Å². The lowest BCUT2D eigenvalue weighted by atomic mass is 9.94. The van der Waals surface area contributed by atoms with Crippen molar-refractivity contribution in [3.8, 4) is 6.07 Å². The molecule has 0 spiro atoms. The van der Waals surface area contributed by atoms with E-state index in [2.05, 4.69) is 46.6 Å². The summed E-state index contributed by atoms with van der Waals surface area (Å²) in [5, 5.41) is 13.6. The average molecular weight is 339 g/mol. The first kappa shape index (κ1) is 17.0. The molecule has 2 heterocycles. The van der Waals surface area contributed by atoms with Gasteiger partial charge in [0, 0.05) is 37.8 Å². The number of nitriles is 1. The van der Waals surface area contributed by atoms with Crippen LogP contribution in [-0.2, 0) is 11.3 Å². The molecule has 1 aliphatic carbocycles. The predicted molar refractivity (Wildman–Crippen MR) is 97.8 cm³/mol. The second-order valence-electron chi connectivity index (χ2n) is 8.01. The molecular formula is C21H29N3O. The Morgan fingerprint density at radius 1 is 1.20 bits per heavy atom. The van der Waals surface area contributed by atoms with Crippen LogP contribution in [0.1, 0.15) is 37.7 Å². The number of methoxy groups -OCH3 is 1. The number of nitrogens with zero attached hydrogens (tertiary/aromatic N) is 2. The molecule has 3 fully saturated rings. The van der Waals surface area contributed by atoms with Crippen LogP contribution in [-0.4, -0.2) is 42.8 Å². The minimum atomic E-state index is 0.183. The molecule has 4 rings (SSSR count). The molecule has 1 aromatic carbocycles. The Morgan fingerprint density at radius 2 is 2.00 bits per heavy atom. The fraction of sp³-hybridized carbons (Fsp3) is 0.667. The third kappa shape index (κ3) is 3.60. The van der Waals surface area contributed by atoms with Crippen LogP contribution in [0.4, 0.5) is 0 Å². The Kier molecular flexibility index (Phi) is 5.08. The van der Waals surface area contributed by atoms with Gasteiger partial charge in [0.05, 0.1) is 18.6 Å². The topological polar surface area (TPSA) is 48.3 Å². The highest BCUT2D eigenvalue weighted by Gasteiger charge is 2.48. The number of hydrogen-bond acceptors (Lipinski definition) is 4. The molecule has 4 nitrogen and oxygen atoms in total. The quantitative estimate of drug-likeness (QED) is 0.830. The van der Waals surface area contributed by atoms with Crippen molar-refractivity contribution in [3.63, 3.8) is 0 Å². The van der Waals surface area contributed by atoms with Gasteiger partial charge in [-0.2, -0.15) is 5.26 Å². The zero-order chi connectivity index (χ0) is 17.2. The molecule has 5 unspecified atom stereocenters. The maximum absolute atomic E-state index is 9.63. The van der Waals surface area contributed by atoms with Gasteiger partial charge in [-0.1, -0.05) is 30.3 Å². The van der Waals surface area contributed by atoms with Crippen molar-refractivity contribution in [2.24, 2.45) is 11.8 Å². The SMILES string of the molecule is COCC(NC1CCC2C(C#N)CC1N2Cc1ccccc1)C1CC1. The minimum absolute atomic E-state index is 0.183. The summed E-state index contributed by atoms with van der Waals surface area (Å²) in [7, 11) is 1.80. The second-order valence-corrected chi connectivity index (χ2v) is 8.01. The van der Waals surface area contributed by atoms with E-state index in [4.69, 9.17) is 4.74 Å². The van der Waals surface area contributed by atoms with Crippen LogP contribution in [0.3, 0.4) is 0 Å². The number of hydrogen-bond donors (Lipinski definition) is 1. The Balaban J connectivity index is 1.49. The maximum atomic E-state index is 9.63. The molecule has 4 heteroatoms. The summed E-state index contributed by atoms with van der Waals surface area (Å²) in [5.74, 6) is 0.968. The molecule has 2 saturated heterocycles. The lowest BCUT2D eigenvalue weighted by Crippen LogP contribution is -2.56. The number of rotatable bonds is 7. The van der Waals surface area contributed by atoms with Crippen LogP contribution in [0, 0.1) is 23.2 Å². The van der Waals surface area contributed by atoms with Gasteiger partial charge >= 0.3 is 0 Å². The van der Waals surface area contributed by atoms with E-state index in [0.717, 1.165) is 31.9 Å². The van der Waals surface area contributed by atoms with Crippen LogP contribution in [0.2, 0.25) is 0 Å². The van der Waals surface area contributed by atoms with Crippen LogP contribution < -0.4 is 5.32 Å². The number of benzene rings is 1. The van der Waals surface area contributed by atoms with E-state index in [1.807, 2.05) is 0 Å². The summed E-state index contributed by atoms with van der Waals surface area (Å²) >= 11 is 0. The smallest absolute Gasteiger partial charge is 0.0672 e. The van der Waals surface area contributed by atoms with Crippen molar-refractivity contribution in [1.29, 1.82) is 5.26 Å². The van der Waals surface area contributed by atoms with Crippen molar-refractivity contribution in [1.82, 2.24) is 10.2 Å². The monoisotopic (exact) mass is 339 g/mol. The van der Waals surface area contributed by atoms with Gasteiger partial charge in [-0.25, -0.2) is 0 Å². The van der Waals surface area contributed by atoms with Gasteiger partial charge in [0.25, 0.3) is 0 Å². The first-order valence-corrected chi connectivity index (χ1v) is 9.74. The molecule has 5 atom stereocenters. The fourth-order valence-corrected chi connectivity index (χ4v) is 4.97. The Hall–Kier alpha value is -1.41. The molecule has 25 heavy (non-hydrogen) atoms. The summed E-state index contributed by atoms with van der Waals surface area (Å²) < 4.78 is 5.46. The van der Waals surface area contributed by atoms with Crippen LogP contribution >= 0.6 is 0 Å². The standard InChI is InChI=1S/C21H29N3O/c1-25-14-19(16-7-8-16)23-18-9-10-20-17(12-22)11-21(18)24(20)13-15-5-3-2-4-6-15/h2-6,16-21,23H,7-11,13-14H2,1H3. The maximum Gasteiger partial charge on any atom is 0.0672 e. The van der Waals surface area contributed by atoms with Crippen molar-refractivity contribution in [2.75, 3.05) is 13.7 Å². The molecule has 2 bridgehead atoms. The molecule has 1 N–H and O–H groups in total. The zero-order valence-corrected chi connectivity index (χ0v) is 15.1. The zero-order valence-electron chi connectivity index (χ0n) is 15.1. The molecule has 2 aliphatic heterocycles. The highest BCUT2D eigenvalue weighted by atomic mass is 16.5. The number of piperidine rings is 1. The number of ether oxygens (including phenoxy) is 1. The van der Waals surface area contributed by atoms with Crippen molar-refractivity contribution < 1.29 is 4.74 Å². The van der Waals surface area contributed by atoms with E-state index in [-0.39, 0.29) is 5.92 Å². The van der Waals surface area contributed by atoms with Gasteiger partial charge in [-0.3, -0.25) is 4.90 Å². The Bertz CT molecular complexity index is 609. The molecule has 0 amide bonds. The molecule has 1 saturated carbocycles. The average Bonchev–Trinajstić information content (AvgIpc) is 3.44. The predicted octanol–water partition coefficient (Wildman–Crippen LogP) is 2.95. The fourth-order valence-electron chi connectivity index (χ4n) is 4.97. The molecule has 1 aromatic rings. The van der Waals surface area contributed by atoms with Gasteiger partial charge in [0.1, 0.15) is 0 Å². The molecule has 134 valence electrons. The van der Waals surface area contributed by atoms with E-state index in [1.165, 1.54) is 24.8 Å². The van der Waals surface area contributed by atoms with Gasteiger partial charge < -0.3 is 10.1 Å². The lowest BCUT2D eigenvalue weighted by molar-refractivity contribution is 0.0774. The van der Waals surface area contributed by atoms with E-state index >= 15 is 0 Å². The van der Waals surface area contributed by atoms with Crippen molar-refractivity contribution >= 4 is 0 Å². The third-order valence-corrected chi connectivity index (χ3v) is 6.39. The number of fused-ring (bicyclic) bond motifs is 2. The van der Waals surface area contributed by atoms with E-state index in [1.54, 1.807) is 7.11 Å². The van der Waals surface area contributed by atoms with Crippen molar-refractivity contribution in [3.05, 3.63) is 35.9 Å². The second kappa shape index (κ2) is 7.45. The first-order valence-electron chi connectivity index (χ1n) is 9.74. The summed E-state index contributed by atoms with van der Waals surface area (Å²) in [6.45, 7) is 1.77. The number of nitrogens with one attached hydrogen (secondary N) is 1. The minimum Gasteiger partial charge on any atom is -0.383 e. The molecule has 0 radical (unpaired) electrons. The van der Waals surface area contributed by atoms with Gasteiger partial charge in [0.2, 0.25) is 0 Å². The highest BCUT2D eigenvalue weighted by Crippen LogP contribution is 2.41. The molecule has 3 aliphatic rings. The summed E-state index contributed by atoms with van der Waals surface area (Å²) in [5.41, 5.74) is 1.35. The van der Waals surface area contributed by atoms with Crippen LogP contribution in [0.15, 0.2) is 30.3 Å². The Morgan fingerprint density at radius 3 is 2.68 bits per heavy atom. The van der Waals surface area contributed by atoms with Gasteiger partial charge in [-0.05, 0) is 43.6 Å². The van der Waals surface area contributed by atoms with Crippen LogP contribution in [0.25, 0.3) is 0 Å². The largest absolute Gasteiger partial charge is 0.383 e. The van der Waals surface area contributed by atoms with Gasteiger partial charge in [0.15, 0.2) is 0 Å². The van der Waals surface area contributed by atoms with E-state index < -0.39 is 0 Å². The van der Waals surface area contributed by atoms with E-state index in [9.17, 15) is 5.26 Å². The summed E-state index contributed by atoms with van der Waals surface area (Å²) in [6, 6.07) is 15.2. The van der Waals surface area contributed by atoms with E-state index in [0.29, 0.717) is 24.2 Å². The molecular weight excluding hydrogens is 310 g/mol. The Labute approximate surface area is 151 Å². The first-order chi connectivity index (χ1) is 12.3. The highest BCUT2D eigenvalue weighted by molar-refractivity contribution is 5.18. The van der Waals surface area contributed by atoms with Crippen molar-refractivity contribution in [2.45, 2.75) is 62.8 Å². The normalized spacial score (nSPS) is 33.1. The summed E-state index contributed by atoms with van der Waals surface area (Å²) in [4.78, 5) is 2.61. The van der Waals surface area contributed by atoms with Crippen LogP contribution in [0.5, 0.6) is 0 Å². The summed E-state index contributed by atoms with van der Waals surface area (Å²) in [6.07, 6.45) is 5.98.